The van der Waals surface area contributed by atoms with E-state index in [0.29, 0.717) is 30.4 Å². The molecule has 1 amide bonds. The second-order valence-corrected chi connectivity index (χ2v) is 6.43. The standard InChI is InChI=1S/C20H21N5O2/c1-3-27-19-16(7-4-10-21-19)20(26)25-11-5-6-14-8-9-17(23-18(14)25)15-12-22-24(2)13-15/h4,7-10,12-13H,3,5-6,11H2,1-2H3. The largest absolute Gasteiger partial charge is 0.477 e. The number of aryl methyl sites for hydroxylation is 2. The molecule has 1 aliphatic heterocycles. The summed E-state index contributed by atoms with van der Waals surface area (Å²) in [6.45, 7) is 2.95. The van der Waals surface area contributed by atoms with E-state index >= 15 is 0 Å². The lowest BCUT2D eigenvalue weighted by atomic mass is 10.0. The van der Waals surface area contributed by atoms with Gasteiger partial charge in [-0.15, -0.1) is 0 Å². The fourth-order valence-corrected chi connectivity index (χ4v) is 3.30. The molecule has 0 radical (unpaired) electrons. The molecule has 0 aliphatic carbocycles. The highest BCUT2D eigenvalue weighted by molar-refractivity contribution is 6.07. The van der Waals surface area contributed by atoms with E-state index in [1.54, 1.807) is 34.1 Å². The first kappa shape index (κ1) is 17.2. The molecule has 0 atom stereocenters. The lowest BCUT2D eigenvalue weighted by Gasteiger charge is -2.29. The number of pyridine rings is 2. The zero-order valence-electron chi connectivity index (χ0n) is 15.4. The van der Waals surface area contributed by atoms with Gasteiger partial charge in [0.2, 0.25) is 5.88 Å². The molecule has 27 heavy (non-hydrogen) atoms. The van der Waals surface area contributed by atoms with E-state index in [0.717, 1.165) is 29.7 Å². The van der Waals surface area contributed by atoms with Crippen molar-refractivity contribution in [3.05, 3.63) is 54.0 Å². The van der Waals surface area contributed by atoms with Crippen molar-refractivity contribution < 1.29 is 9.53 Å². The molecule has 0 saturated carbocycles. The molecule has 1 aliphatic rings. The van der Waals surface area contributed by atoms with Crippen molar-refractivity contribution >= 4 is 11.7 Å². The highest BCUT2D eigenvalue weighted by Crippen LogP contribution is 2.30. The van der Waals surface area contributed by atoms with Crippen LogP contribution in [0, 0.1) is 0 Å². The van der Waals surface area contributed by atoms with Crippen LogP contribution in [0.3, 0.4) is 0 Å². The van der Waals surface area contributed by atoms with Gasteiger partial charge in [0.05, 0.1) is 18.5 Å². The molecular weight excluding hydrogens is 342 g/mol. The Balaban J connectivity index is 1.73. The van der Waals surface area contributed by atoms with Crippen molar-refractivity contribution in [1.29, 1.82) is 0 Å². The summed E-state index contributed by atoms with van der Waals surface area (Å²) in [5.41, 5.74) is 3.26. The first-order chi connectivity index (χ1) is 13.2. The minimum atomic E-state index is -0.136. The summed E-state index contributed by atoms with van der Waals surface area (Å²) in [5, 5.41) is 4.21. The summed E-state index contributed by atoms with van der Waals surface area (Å²) in [6.07, 6.45) is 7.13. The van der Waals surface area contributed by atoms with Gasteiger partial charge in [-0.3, -0.25) is 14.4 Å². The highest BCUT2D eigenvalue weighted by Gasteiger charge is 2.27. The molecule has 0 unspecified atom stereocenters. The number of rotatable bonds is 4. The van der Waals surface area contributed by atoms with Crippen molar-refractivity contribution in [1.82, 2.24) is 19.7 Å². The molecular formula is C20H21N5O2. The molecule has 0 spiro atoms. The SMILES string of the molecule is CCOc1ncccc1C(=O)N1CCCc2ccc(-c3cnn(C)c3)nc21. The van der Waals surface area contributed by atoms with Crippen LogP contribution in [0.5, 0.6) is 5.88 Å². The van der Waals surface area contributed by atoms with E-state index in [2.05, 4.69) is 16.1 Å². The van der Waals surface area contributed by atoms with Crippen LogP contribution in [0.25, 0.3) is 11.3 Å². The van der Waals surface area contributed by atoms with E-state index in [-0.39, 0.29) is 5.91 Å². The van der Waals surface area contributed by atoms with Gasteiger partial charge in [-0.05, 0) is 43.5 Å². The number of carbonyl (C=O) groups is 1. The Morgan fingerprint density at radius 1 is 1.30 bits per heavy atom. The monoisotopic (exact) mass is 363 g/mol. The average Bonchev–Trinajstić information content (AvgIpc) is 3.14. The van der Waals surface area contributed by atoms with Gasteiger partial charge in [0.25, 0.3) is 5.91 Å². The van der Waals surface area contributed by atoms with E-state index in [1.807, 2.05) is 26.2 Å². The molecule has 7 heteroatoms. The summed E-state index contributed by atoms with van der Waals surface area (Å²) in [6, 6.07) is 7.54. The van der Waals surface area contributed by atoms with Gasteiger partial charge in [-0.25, -0.2) is 9.97 Å². The molecule has 0 N–H and O–H groups in total. The first-order valence-electron chi connectivity index (χ1n) is 9.06. The van der Waals surface area contributed by atoms with E-state index in [1.165, 1.54) is 0 Å². The molecule has 4 heterocycles. The van der Waals surface area contributed by atoms with Crippen LogP contribution >= 0.6 is 0 Å². The zero-order chi connectivity index (χ0) is 18.8. The molecule has 3 aromatic rings. The minimum absolute atomic E-state index is 0.136. The number of aromatic nitrogens is 4. The van der Waals surface area contributed by atoms with Crippen molar-refractivity contribution in [2.45, 2.75) is 19.8 Å². The van der Waals surface area contributed by atoms with Gasteiger partial charge in [0.15, 0.2) is 0 Å². The van der Waals surface area contributed by atoms with Gasteiger partial charge in [-0.1, -0.05) is 6.07 Å². The maximum atomic E-state index is 13.3. The predicted octanol–water partition coefficient (Wildman–Crippen LogP) is 2.87. The number of fused-ring (bicyclic) bond motifs is 1. The fraction of sp³-hybridized carbons (Fsp3) is 0.300. The molecule has 0 fully saturated rings. The quantitative estimate of drug-likeness (QED) is 0.713. The number of carbonyl (C=O) groups excluding carboxylic acids is 1. The Kier molecular flexibility index (Phi) is 4.58. The van der Waals surface area contributed by atoms with Gasteiger partial charge in [0, 0.05) is 31.5 Å². The molecule has 138 valence electrons. The van der Waals surface area contributed by atoms with Crippen LogP contribution in [-0.4, -0.2) is 38.8 Å². The summed E-state index contributed by atoms with van der Waals surface area (Å²) in [7, 11) is 1.87. The van der Waals surface area contributed by atoms with Crippen molar-refractivity contribution in [3.8, 4) is 17.1 Å². The second-order valence-electron chi connectivity index (χ2n) is 6.43. The Morgan fingerprint density at radius 2 is 2.19 bits per heavy atom. The van der Waals surface area contributed by atoms with Crippen molar-refractivity contribution in [2.24, 2.45) is 7.05 Å². The summed E-state index contributed by atoms with van der Waals surface area (Å²) < 4.78 is 7.28. The smallest absolute Gasteiger partial charge is 0.264 e. The summed E-state index contributed by atoms with van der Waals surface area (Å²) in [4.78, 5) is 24.0. The normalized spacial score (nSPS) is 13.3. The van der Waals surface area contributed by atoms with Crippen molar-refractivity contribution in [3.63, 3.8) is 0 Å². The van der Waals surface area contributed by atoms with Gasteiger partial charge >= 0.3 is 0 Å². The average molecular weight is 363 g/mol. The van der Waals surface area contributed by atoms with E-state index < -0.39 is 0 Å². The molecule has 3 aromatic heterocycles. The van der Waals surface area contributed by atoms with E-state index in [9.17, 15) is 4.79 Å². The Morgan fingerprint density at radius 3 is 2.96 bits per heavy atom. The topological polar surface area (TPSA) is 73.1 Å². The van der Waals surface area contributed by atoms with Crippen LogP contribution < -0.4 is 9.64 Å². The molecule has 0 aromatic carbocycles. The zero-order valence-corrected chi connectivity index (χ0v) is 15.4. The number of hydrogen-bond donors (Lipinski definition) is 0. The first-order valence-corrected chi connectivity index (χ1v) is 9.06. The molecule has 0 saturated heterocycles. The summed E-state index contributed by atoms with van der Waals surface area (Å²) in [5.74, 6) is 0.933. The molecule has 7 nitrogen and oxygen atoms in total. The number of hydrogen-bond acceptors (Lipinski definition) is 5. The van der Waals surface area contributed by atoms with Gasteiger partial charge < -0.3 is 4.74 Å². The van der Waals surface area contributed by atoms with Crippen LogP contribution in [-0.2, 0) is 13.5 Å². The molecule has 0 bridgehead atoms. The predicted molar refractivity (Wildman–Crippen MR) is 102 cm³/mol. The van der Waals surface area contributed by atoms with Crippen LogP contribution in [0.1, 0.15) is 29.3 Å². The third kappa shape index (κ3) is 3.28. The maximum absolute atomic E-state index is 13.3. The van der Waals surface area contributed by atoms with Gasteiger partial charge in [-0.2, -0.15) is 5.10 Å². The lowest BCUT2D eigenvalue weighted by Crippen LogP contribution is -2.36. The fourth-order valence-electron chi connectivity index (χ4n) is 3.30. The second kappa shape index (κ2) is 7.19. The third-order valence-corrected chi connectivity index (χ3v) is 4.57. The van der Waals surface area contributed by atoms with Crippen LogP contribution in [0.2, 0.25) is 0 Å². The minimum Gasteiger partial charge on any atom is -0.477 e. The molecule has 4 rings (SSSR count). The lowest BCUT2D eigenvalue weighted by molar-refractivity contribution is 0.0979. The maximum Gasteiger partial charge on any atom is 0.264 e. The third-order valence-electron chi connectivity index (χ3n) is 4.57. The summed E-state index contributed by atoms with van der Waals surface area (Å²) >= 11 is 0. The van der Waals surface area contributed by atoms with E-state index in [4.69, 9.17) is 9.72 Å². The Labute approximate surface area is 157 Å². The number of ether oxygens (including phenoxy) is 1. The van der Waals surface area contributed by atoms with Crippen molar-refractivity contribution in [2.75, 3.05) is 18.1 Å². The Hall–Kier alpha value is -3.22. The number of anilines is 1. The van der Waals surface area contributed by atoms with Crippen LogP contribution in [0.15, 0.2) is 42.9 Å². The number of amides is 1. The van der Waals surface area contributed by atoms with Gasteiger partial charge in [0.1, 0.15) is 11.4 Å². The number of nitrogens with zero attached hydrogens (tertiary/aromatic N) is 5. The van der Waals surface area contributed by atoms with Crippen LogP contribution in [0.4, 0.5) is 5.82 Å². The Bertz CT molecular complexity index is 982. The highest BCUT2D eigenvalue weighted by atomic mass is 16.5.